The van der Waals surface area contributed by atoms with E-state index in [4.69, 9.17) is 5.10 Å². The lowest BCUT2D eigenvalue weighted by molar-refractivity contribution is -0.129. The van der Waals surface area contributed by atoms with Gasteiger partial charge in [-0.25, -0.2) is 0 Å². The van der Waals surface area contributed by atoms with E-state index in [1.807, 2.05) is 4.90 Å². The van der Waals surface area contributed by atoms with Gasteiger partial charge in [0.25, 0.3) is 0 Å². The number of carbonyl (C=O) groups is 1. The lowest BCUT2D eigenvalue weighted by atomic mass is 9.98. The quantitative estimate of drug-likeness (QED) is 0.884. The zero-order chi connectivity index (χ0) is 19.7. The van der Waals surface area contributed by atoms with E-state index in [9.17, 15) is 4.79 Å². The van der Waals surface area contributed by atoms with Crippen molar-refractivity contribution in [3.05, 3.63) is 41.1 Å². The molecule has 1 unspecified atom stereocenters. The van der Waals surface area contributed by atoms with E-state index in [0.717, 1.165) is 37.6 Å². The molecule has 0 bridgehead atoms. The Hall–Kier alpha value is -2.34. The molecule has 1 fully saturated rings. The van der Waals surface area contributed by atoms with Crippen LogP contribution in [0.2, 0.25) is 0 Å². The summed E-state index contributed by atoms with van der Waals surface area (Å²) in [5.74, 6) is 1.67. The van der Waals surface area contributed by atoms with E-state index in [2.05, 4.69) is 53.1 Å². The molecule has 1 saturated heterocycles. The average molecular weight is 382 g/mol. The van der Waals surface area contributed by atoms with Crippen LogP contribution in [0.15, 0.2) is 24.3 Å². The van der Waals surface area contributed by atoms with Gasteiger partial charge in [-0.3, -0.25) is 9.48 Å². The van der Waals surface area contributed by atoms with Gasteiger partial charge in [0.2, 0.25) is 5.91 Å². The third-order valence-corrected chi connectivity index (χ3v) is 6.01. The van der Waals surface area contributed by atoms with Crippen LogP contribution in [0, 0.1) is 12.8 Å². The SMILES string of the molecule is CC(=O)N1CCc2c(c(Nc3cccc(C)c3)nn2CC2CCCN(C)C2)C1. The predicted octanol–water partition coefficient (Wildman–Crippen LogP) is 3.18. The van der Waals surface area contributed by atoms with Crippen LogP contribution >= 0.6 is 0 Å². The number of carbonyl (C=O) groups excluding carboxylic acids is 1. The Morgan fingerprint density at radius 1 is 1.32 bits per heavy atom. The first-order valence-electron chi connectivity index (χ1n) is 10.4. The minimum absolute atomic E-state index is 0.133. The van der Waals surface area contributed by atoms with E-state index < -0.39 is 0 Å². The first kappa shape index (κ1) is 19.0. The van der Waals surface area contributed by atoms with Crippen LogP contribution in [0.25, 0.3) is 0 Å². The smallest absolute Gasteiger partial charge is 0.219 e. The Morgan fingerprint density at radius 3 is 2.93 bits per heavy atom. The number of amides is 1. The number of benzene rings is 1. The number of anilines is 2. The molecule has 2 aliphatic rings. The second-order valence-corrected chi connectivity index (χ2v) is 8.41. The standard InChI is InChI=1S/C22H31N5O/c1-16-6-4-8-19(12-16)23-22-20-15-26(17(2)28)11-9-21(20)27(24-22)14-18-7-5-10-25(3)13-18/h4,6,8,12,18H,5,7,9-11,13-15H2,1-3H3,(H,23,24). The zero-order valence-electron chi connectivity index (χ0n) is 17.2. The molecular weight excluding hydrogens is 350 g/mol. The molecule has 0 aliphatic carbocycles. The minimum Gasteiger partial charge on any atom is -0.338 e. The van der Waals surface area contributed by atoms with Gasteiger partial charge in [0, 0.05) is 49.9 Å². The van der Waals surface area contributed by atoms with Gasteiger partial charge in [0.15, 0.2) is 5.82 Å². The molecule has 1 aromatic carbocycles. The third-order valence-electron chi connectivity index (χ3n) is 6.01. The number of aromatic nitrogens is 2. The zero-order valence-corrected chi connectivity index (χ0v) is 17.2. The maximum Gasteiger partial charge on any atom is 0.219 e. The Labute approximate surface area is 167 Å². The number of nitrogens with zero attached hydrogens (tertiary/aromatic N) is 4. The Balaban J connectivity index is 1.63. The summed E-state index contributed by atoms with van der Waals surface area (Å²) in [5.41, 5.74) is 4.73. The summed E-state index contributed by atoms with van der Waals surface area (Å²) in [6, 6.07) is 8.35. The number of likely N-dealkylation sites (tertiary alicyclic amines) is 1. The fourth-order valence-electron chi connectivity index (χ4n) is 4.54. The van der Waals surface area contributed by atoms with Gasteiger partial charge >= 0.3 is 0 Å². The molecule has 1 N–H and O–H groups in total. The van der Waals surface area contributed by atoms with Crippen molar-refractivity contribution in [2.24, 2.45) is 5.92 Å². The molecule has 150 valence electrons. The molecule has 0 radical (unpaired) electrons. The molecule has 1 aromatic heterocycles. The fraction of sp³-hybridized carbons (Fsp3) is 0.545. The van der Waals surface area contributed by atoms with Crippen LogP contribution < -0.4 is 5.32 Å². The highest BCUT2D eigenvalue weighted by atomic mass is 16.2. The second-order valence-electron chi connectivity index (χ2n) is 8.41. The molecule has 4 rings (SSSR count). The van der Waals surface area contributed by atoms with Crippen LogP contribution in [-0.4, -0.2) is 52.2 Å². The lowest BCUT2D eigenvalue weighted by Crippen LogP contribution is -2.36. The molecule has 0 spiro atoms. The average Bonchev–Trinajstić information content (AvgIpc) is 2.98. The molecule has 6 nitrogen and oxygen atoms in total. The van der Waals surface area contributed by atoms with E-state index in [0.29, 0.717) is 12.5 Å². The van der Waals surface area contributed by atoms with E-state index >= 15 is 0 Å². The van der Waals surface area contributed by atoms with Gasteiger partial charge in [0.05, 0.1) is 6.54 Å². The number of fused-ring (bicyclic) bond motifs is 1. The van der Waals surface area contributed by atoms with Crippen molar-refractivity contribution >= 4 is 17.4 Å². The number of aryl methyl sites for hydroxylation is 1. The maximum absolute atomic E-state index is 12.0. The van der Waals surface area contributed by atoms with Gasteiger partial charge in [-0.1, -0.05) is 12.1 Å². The van der Waals surface area contributed by atoms with Gasteiger partial charge in [0.1, 0.15) is 0 Å². The highest BCUT2D eigenvalue weighted by Crippen LogP contribution is 2.30. The molecule has 3 heterocycles. The number of piperidine rings is 1. The van der Waals surface area contributed by atoms with Crippen LogP contribution in [0.3, 0.4) is 0 Å². The van der Waals surface area contributed by atoms with Crippen molar-refractivity contribution in [2.75, 3.05) is 32.0 Å². The van der Waals surface area contributed by atoms with E-state index in [1.165, 1.54) is 36.2 Å². The summed E-state index contributed by atoms with van der Waals surface area (Å²) in [5, 5.41) is 8.50. The Bertz CT molecular complexity index is 859. The number of hydrogen-bond acceptors (Lipinski definition) is 4. The first-order valence-corrected chi connectivity index (χ1v) is 10.4. The molecule has 28 heavy (non-hydrogen) atoms. The molecule has 1 atom stereocenters. The van der Waals surface area contributed by atoms with Crippen LogP contribution in [0.1, 0.15) is 36.6 Å². The summed E-state index contributed by atoms with van der Waals surface area (Å²) in [6.45, 7) is 8.46. The van der Waals surface area contributed by atoms with Crippen molar-refractivity contribution in [1.29, 1.82) is 0 Å². The largest absolute Gasteiger partial charge is 0.338 e. The summed E-state index contributed by atoms with van der Waals surface area (Å²) < 4.78 is 2.22. The Morgan fingerprint density at radius 2 is 2.18 bits per heavy atom. The number of rotatable bonds is 4. The van der Waals surface area contributed by atoms with Crippen LogP contribution in [0.5, 0.6) is 0 Å². The number of hydrogen-bond donors (Lipinski definition) is 1. The molecule has 6 heteroatoms. The lowest BCUT2D eigenvalue weighted by Gasteiger charge is -2.31. The third kappa shape index (κ3) is 4.07. The van der Waals surface area contributed by atoms with Gasteiger partial charge in [-0.2, -0.15) is 5.10 Å². The fourth-order valence-corrected chi connectivity index (χ4v) is 4.54. The first-order chi connectivity index (χ1) is 13.5. The highest BCUT2D eigenvalue weighted by Gasteiger charge is 2.28. The molecule has 1 amide bonds. The summed E-state index contributed by atoms with van der Waals surface area (Å²) in [4.78, 5) is 16.3. The van der Waals surface area contributed by atoms with Crippen molar-refractivity contribution < 1.29 is 4.79 Å². The summed E-state index contributed by atoms with van der Waals surface area (Å²) >= 11 is 0. The van der Waals surface area contributed by atoms with Crippen molar-refractivity contribution in [2.45, 2.75) is 46.2 Å². The topological polar surface area (TPSA) is 53.4 Å². The minimum atomic E-state index is 0.133. The molecule has 0 saturated carbocycles. The van der Waals surface area contributed by atoms with E-state index in [1.54, 1.807) is 6.92 Å². The monoisotopic (exact) mass is 381 g/mol. The highest BCUT2D eigenvalue weighted by molar-refractivity contribution is 5.74. The Kier molecular flexibility index (Phi) is 5.40. The summed E-state index contributed by atoms with van der Waals surface area (Å²) in [6.07, 6.45) is 3.40. The molecule has 2 aliphatic heterocycles. The predicted molar refractivity (Wildman–Crippen MR) is 112 cm³/mol. The van der Waals surface area contributed by atoms with Gasteiger partial charge in [-0.15, -0.1) is 0 Å². The molecule has 2 aromatic rings. The number of nitrogens with one attached hydrogen (secondary N) is 1. The van der Waals surface area contributed by atoms with Crippen LogP contribution in [-0.2, 0) is 24.3 Å². The van der Waals surface area contributed by atoms with Gasteiger partial charge < -0.3 is 15.1 Å². The second kappa shape index (κ2) is 7.95. The summed E-state index contributed by atoms with van der Waals surface area (Å²) in [7, 11) is 2.21. The van der Waals surface area contributed by atoms with Gasteiger partial charge in [-0.05, 0) is 57.0 Å². The van der Waals surface area contributed by atoms with Crippen molar-refractivity contribution in [1.82, 2.24) is 19.6 Å². The maximum atomic E-state index is 12.0. The van der Waals surface area contributed by atoms with Crippen molar-refractivity contribution in [3.63, 3.8) is 0 Å². The van der Waals surface area contributed by atoms with Crippen molar-refractivity contribution in [3.8, 4) is 0 Å². The molecular formula is C22H31N5O. The van der Waals surface area contributed by atoms with Crippen LogP contribution in [0.4, 0.5) is 11.5 Å². The van der Waals surface area contributed by atoms with E-state index in [-0.39, 0.29) is 5.91 Å². The normalized spacial score (nSPS) is 20.1.